The molecule has 0 spiro atoms. The number of nitrogens with zero attached hydrogens (tertiary/aromatic N) is 4. The van der Waals surface area contributed by atoms with Gasteiger partial charge in [0.2, 0.25) is 0 Å². The Hall–Kier alpha value is -2.63. The lowest BCUT2D eigenvalue weighted by atomic mass is 10.1. The third kappa shape index (κ3) is 4.07. The van der Waals surface area contributed by atoms with E-state index >= 15 is 0 Å². The van der Waals surface area contributed by atoms with E-state index in [1.54, 1.807) is 4.68 Å². The Morgan fingerprint density at radius 1 is 1.03 bits per heavy atom. The van der Waals surface area contributed by atoms with Crippen LogP contribution >= 0.6 is 11.6 Å². The number of likely N-dealkylation sites (N-methyl/N-ethyl adjacent to an activating group) is 1. The van der Waals surface area contributed by atoms with Gasteiger partial charge < -0.3 is 9.80 Å². The van der Waals surface area contributed by atoms with Crippen molar-refractivity contribution in [2.75, 3.05) is 32.7 Å². The summed E-state index contributed by atoms with van der Waals surface area (Å²) in [5.41, 5.74) is 4.08. The summed E-state index contributed by atoms with van der Waals surface area (Å²) in [5.74, 6) is 0.00747. The number of halogens is 1. The van der Waals surface area contributed by atoms with Crippen LogP contribution in [0.5, 0.6) is 0 Å². The first kappa shape index (κ1) is 19.7. The van der Waals surface area contributed by atoms with E-state index in [1.165, 1.54) is 0 Å². The molecule has 150 valence electrons. The predicted octanol–water partition coefficient (Wildman–Crippen LogP) is 4.28. The van der Waals surface area contributed by atoms with Gasteiger partial charge in [-0.2, -0.15) is 5.10 Å². The van der Waals surface area contributed by atoms with E-state index < -0.39 is 0 Å². The van der Waals surface area contributed by atoms with Crippen molar-refractivity contribution in [3.05, 3.63) is 70.9 Å². The number of hydrogen-bond donors (Lipinski definition) is 0. The molecule has 2 aromatic carbocycles. The number of carbonyl (C=O) groups excluding carboxylic acids is 1. The minimum Gasteiger partial charge on any atom is -0.335 e. The van der Waals surface area contributed by atoms with Gasteiger partial charge in [0.25, 0.3) is 5.91 Å². The smallest absolute Gasteiger partial charge is 0.272 e. The minimum atomic E-state index is 0.00747. The van der Waals surface area contributed by atoms with Crippen LogP contribution in [0.2, 0.25) is 5.02 Å². The second-order valence-electron chi connectivity index (χ2n) is 7.37. The zero-order valence-electron chi connectivity index (χ0n) is 16.8. The molecule has 5 nitrogen and oxygen atoms in total. The van der Waals surface area contributed by atoms with Crippen LogP contribution in [0.1, 0.15) is 23.0 Å². The maximum absolute atomic E-state index is 13.4. The number of aromatic nitrogens is 2. The average Bonchev–Trinajstić information content (AvgIpc) is 3.19. The van der Waals surface area contributed by atoms with Gasteiger partial charge >= 0.3 is 0 Å². The van der Waals surface area contributed by atoms with Crippen LogP contribution in [0.4, 0.5) is 0 Å². The lowest BCUT2D eigenvalue weighted by Crippen LogP contribution is -2.48. The molecule has 1 saturated heterocycles. The molecule has 6 heteroatoms. The molecule has 3 aromatic rings. The normalized spacial score (nSPS) is 14.9. The van der Waals surface area contributed by atoms with Crippen molar-refractivity contribution in [1.29, 1.82) is 0 Å². The molecule has 0 atom stereocenters. The van der Waals surface area contributed by atoms with E-state index in [1.807, 2.05) is 66.4 Å². The first-order valence-corrected chi connectivity index (χ1v) is 10.4. The van der Waals surface area contributed by atoms with Gasteiger partial charge in [-0.05, 0) is 43.3 Å². The summed E-state index contributed by atoms with van der Waals surface area (Å²) in [6, 6.07) is 17.5. The number of hydrogen-bond acceptors (Lipinski definition) is 3. The fraction of sp³-hybridized carbons (Fsp3) is 0.304. The van der Waals surface area contributed by atoms with E-state index in [0.717, 1.165) is 49.5 Å². The highest BCUT2D eigenvalue weighted by atomic mass is 35.5. The minimum absolute atomic E-state index is 0.00747. The van der Waals surface area contributed by atoms with Crippen molar-refractivity contribution in [3.8, 4) is 16.9 Å². The molecule has 4 rings (SSSR count). The molecule has 0 bridgehead atoms. The molecule has 1 fully saturated rings. The summed E-state index contributed by atoms with van der Waals surface area (Å²) in [7, 11) is 0. The van der Waals surface area contributed by atoms with Gasteiger partial charge in [-0.15, -0.1) is 0 Å². The highest BCUT2D eigenvalue weighted by molar-refractivity contribution is 6.33. The van der Waals surface area contributed by atoms with Crippen molar-refractivity contribution in [2.45, 2.75) is 13.8 Å². The van der Waals surface area contributed by atoms with Gasteiger partial charge in [-0.25, -0.2) is 4.68 Å². The van der Waals surface area contributed by atoms with Crippen molar-refractivity contribution in [2.24, 2.45) is 0 Å². The number of piperazine rings is 1. The largest absolute Gasteiger partial charge is 0.335 e. The lowest BCUT2D eigenvalue weighted by Gasteiger charge is -2.34. The van der Waals surface area contributed by atoms with E-state index in [4.69, 9.17) is 16.7 Å². The van der Waals surface area contributed by atoms with Crippen LogP contribution in [0, 0.1) is 6.92 Å². The molecule has 1 aliphatic rings. The van der Waals surface area contributed by atoms with Crippen LogP contribution in [0.15, 0.2) is 54.6 Å². The van der Waals surface area contributed by atoms with Gasteiger partial charge in [0.1, 0.15) is 5.69 Å². The van der Waals surface area contributed by atoms with Crippen LogP contribution < -0.4 is 0 Å². The fourth-order valence-electron chi connectivity index (χ4n) is 3.72. The molecular formula is C23H25ClN4O. The zero-order valence-corrected chi connectivity index (χ0v) is 17.6. The van der Waals surface area contributed by atoms with Crippen molar-refractivity contribution in [1.82, 2.24) is 19.6 Å². The monoisotopic (exact) mass is 408 g/mol. The van der Waals surface area contributed by atoms with Gasteiger partial charge in [0.05, 0.1) is 16.4 Å². The molecule has 2 heterocycles. The second kappa shape index (κ2) is 8.39. The maximum atomic E-state index is 13.4. The van der Waals surface area contributed by atoms with Crippen LogP contribution in [-0.4, -0.2) is 58.2 Å². The van der Waals surface area contributed by atoms with Crippen LogP contribution in [0.25, 0.3) is 16.9 Å². The Balaban J connectivity index is 1.75. The quantitative estimate of drug-likeness (QED) is 0.647. The summed E-state index contributed by atoms with van der Waals surface area (Å²) in [4.78, 5) is 17.7. The predicted molar refractivity (Wildman–Crippen MR) is 117 cm³/mol. The number of rotatable bonds is 4. The maximum Gasteiger partial charge on any atom is 0.272 e. The van der Waals surface area contributed by atoms with E-state index in [-0.39, 0.29) is 5.91 Å². The molecule has 0 saturated carbocycles. The van der Waals surface area contributed by atoms with Crippen molar-refractivity contribution >= 4 is 17.5 Å². The first-order chi connectivity index (χ1) is 14.1. The van der Waals surface area contributed by atoms with E-state index in [9.17, 15) is 4.79 Å². The summed E-state index contributed by atoms with van der Waals surface area (Å²) in [5, 5.41) is 5.40. The topological polar surface area (TPSA) is 41.4 Å². The molecule has 1 aromatic heterocycles. The molecule has 1 aliphatic heterocycles. The Labute approximate surface area is 176 Å². The molecule has 29 heavy (non-hydrogen) atoms. The van der Waals surface area contributed by atoms with Crippen molar-refractivity contribution < 1.29 is 4.79 Å². The third-order valence-corrected chi connectivity index (χ3v) is 5.76. The van der Waals surface area contributed by atoms with Crippen LogP contribution in [0.3, 0.4) is 0 Å². The van der Waals surface area contributed by atoms with Gasteiger partial charge in [-0.3, -0.25) is 4.79 Å². The average molecular weight is 409 g/mol. The van der Waals surface area contributed by atoms with Gasteiger partial charge in [0.15, 0.2) is 0 Å². The zero-order chi connectivity index (χ0) is 20.4. The Morgan fingerprint density at radius 2 is 1.79 bits per heavy atom. The summed E-state index contributed by atoms with van der Waals surface area (Å²) < 4.78 is 1.75. The number of aryl methyl sites for hydroxylation is 1. The summed E-state index contributed by atoms with van der Waals surface area (Å²) in [6.45, 7) is 8.46. The van der Waals surface area contributed by atoms with E-state index in [0.29, 0.717) is 16.4 Å². The highest BCUT2D eigenvalue weighted by Crippen LogP contribution is 2.29. The van der Waals surface area contributed by atoms with Crippen LogP contribution in [-0.2, 0) is 0 Å². The molecule has 0 N–H and O–H groups in total. The molecule has 0 radical (unpaired) electrons. The highest BCUT2D eigenvalue weighted by Gasteiger charge is 2.26. The molecular weight excluding hydrogens is 384 g/mol. The first-order valence-electron chi connectivity index (χ1n) is 10.0. The fourth-order valence-corrected chi connectivity index (χ4v) is 3.95. The number of benzene rings is 2. The summed E-state index contributed by atoms with van der Waals surface area (Å²) >= 11 is 6.40. The lowest BCUT2D eigenvalue weighted by molar-refractivity contribution is 0.0634. The summed E-state index contributed by atoms with van der Waals surface area (Å²) in [6.07, 6.45) is 0. The Bertz CT molecular complexity index is 1020. The molecule has 0 aliphatic carbocycles. The standard InChI is InChI=1S/C23H25ClN4O/c1-3-26-11-13-27(14-12-26)23(29)22-16-21(19-9-4-5-10-20(19)24)25-28(22)18-8-6-7-17(2)15-18/h4-10,15-16H,3,11-14H2,1-2H3. The molecule has 1 amide bonds. The third-order valence-electron chi connectivity index (χ3n) is 5.43. The van der Waals surface area contributed by atoms with Gasteiger partial charge in [-0.1, -0.05) is 48.9 Å². The Kier molecular flexibility index (Phi) is 5.69. The van der Waals surface area contributed by atoms with E-state index in [2.05, 4.69) is 11.8 Å². The number of carbonyl (C=O) groups is 1. The molecule has 0 unspecified atom stereocenters. The Morgan fingerprint density at radius 3 is 2.48 bits per heavy atom. The van der Waals surface area contributed by atoms with Crippen molar-refractivity contribution in [3.63, 3.8) is 0 Å². The second-order valence-corrected chi connectivity index (χ2v) is 7.78. The number of amides is 1. The SMILES string of the molecule is CCN1CCN(C(=O)c2cc(-c3ccccc3Cl)nn2-c2cccc(C)c2)CC1. The van der Waals surface area contributed by atoms with Gasteiger partial charge in [0, 0.05) is 31.7 Å².